The van der Waals surface area contributed by atoms with Crippen molar-refractivity contribution in [1.29, 1.82) is 0 Å². The summed E-state index contributed by atoms with van der Waals surface area (Å²) < 4.78 is 0. The van der Waals surface area contributed by atoms with E-state index < -0.39 is 4.92 Å². The maximum absolute atomic E-state index is 12.6. The van der Waals surface area contributed by atoms with E-state index in [1.165, 1.54) is 17.2 Å². The number of amides is 1. The lowest BCUT2D eigenvalue weighted by molar-refractivity contribution is -0.385. The van der Waals surface area contributed by atoms with Gasteiger partial charge in [-0.1, -0.05) is 42.5 Å². The summed E-state index contributed by atoms with van der Waals surface area (Å²) in [5.41, 5.74) is 2.93. The van der Waals surface area contributed by atoms with E-state index in [-0.39, 0.29) is 24.1 Å². The van der Waals surface area contributed by atoms with Gasteiger partial charge in [0.2, 0.25) is 5.91 Å². The first-order valence-corrected chi connectivity index (χ1v) is 7.63. The van der Waals surface area contributed by atoms with Crippen LogP contribution >= 0.6 is 0 Å². The monoisotopic (exact) mass is 310 g/mol. The number of nitro groups is 1. The number of carbonyl (C=O) groups is 1. The Morgan fingerprint density at radius 3 is 2.70 bits per heavy atom. The van der Waals surface area contributed by atoms with E-state index in [9.17, 15) is 14.9 Å². The van der Waals surface area contributed by atoms with Crippen LogP contribution < -0.4 is 0 Å². The topological polar surface area (TPSA) is 63.5 Å². The van der Waals surface area contributed by atoms with Crippen LogP contribution in [0.3, 0.4) is 0 Å². The van der Waals surface area contributed by atoms with Crippen molar-refractivity contribution in [3.05, 3.63) is 75.3 Å². The van der Waals surface area contributed by atoms with Crippen LogP contribution in [0.2, 0.25) is 0 Å². The Hall–Kier alpha value is -2.69. The van der Waals surface area contributed by atoms with Gasteiger partial charge in [0.05, 0.1) is 17.4 Å². The average Bonchev–Trinajstić information content (AvgIpc) is 2.98. The first kappa shape index (κ1) is 15.2. The molecule has 1 atom stereocenters. The van der Waals surface area contributed by atoms with Gasteiger partial charge in [-0.05, 0) is 24.0 Å². The van der Waals surface area contributed by atoms with Gasteiger partial charge in [-0.2, -0.15) is 0 Å². The van der Waals surface area contributed by atoms with E-state index in [2.05, 4.69) is 12.1 Å². The minimum absolute atomic E-state index is 0.000993. The van der Waals surface area contributed by atoms with Crippen LogP contribution in [0.1, 0.15) is 29.2 Å². The molecule has 0 saturated heterocycles. The Balaban J connectivity index is 1.78. The molecule has 1 amide bonds. The number of fused-ring (bicyclic) bond motifs is 1. The van der Waals surface area contributed by atoms with Crippen molar-refractivity contribution in [2.75, 3.05) is 7.05 Å². The molecule has 0 bridgehead atoms. The summed E-state index contributed by atoms with van der Waals surface area (Å²) in [5.74, 6) is -0.0963. The molecule has 1 aliphatic carbocycles. The second-order valence-corrected chi connectivity index (χ2v) is 5.82. The second kappa shape index (κ2) is 6.20. The Labute approximate surface area is 134 Å². The highest BCUT2D eigenvalue weighted by Gasteiger charge is 2.29. The number of nitro benzene ring substituents is 1. The molecule has 2 aromatic rings. The summed E-state index contributed by atoms with van der Waals surface area (Å²) in [6.07, 6.45) is 1.91. The van der Waals surface area contributed by atoms with Gasteiger partial charge in [0, 0.05) is 18.7 Å². The van der Waals surface area contributed by atoms with Crippen LogP contribution in [-0.2, 0) is 17.6 Å². The molecule has 5 nitrogen and oxygen atoms in total. The zero-order valence-corrected chi connectivity index (χ0v) is 12.9. The molecule has 118 valence electrons. The fraction of sp³-hybridized carbons (Fsp3) is 0.278. The third-order valence-electron chi connectivity index (χ3n) is 4.49. The van der Waals surface area contributed by atoms with Crippen LogP contribution in [0, 0.1) is 10.1 Å². The number of aryl methyl sites for hydroxylation is 1. The summed E-state index contributed by atoms with van der Waals surface area (Å²) in [4.78, 5) is 24.9. The van der Waals surface area contributed by atoms with E-state index in [0.717, 1.165) is 12.8 Å². The average molecular weight is 310 g/mol. The Morgan fingerprint density at radius 1 is 1.22 bits per heavy atom. The zero-order chi connectivity index (χ0) is 16.4. The minimum atomic E-state index is -0.437. The SMILES string of the molecule is CN(C(=O)Cc1ccccc1[N+](=O)[O-])C1CCc2ccccc21. The highest BCUT2D eigenvalue weighted by molar-refractivity contribution is 5.80. The largest absolute Gasteiger partial charge is 0.338 e. The smallest absolute Gasteiger partial charge is 0.273 e. The molecule has 0 saturated carbocycles. The van der Waals surface area contributed by atoms with E-state index >= 15 is 0 Å². The molecule has 23 heavy (non-hydrogen) atoms. The predicted molar refractivity (Wildman–Crippen MR) is 87.1 cm³/mol. The quantitative estimate of drug-likeness (QED) is 0.643. The van der Waals surface area contributed by atoms with E-state index in [1.54, 1.807) is 30.1 Å². The lowest BCUT2D eigenvalue weighted by atomic mass is 10.1. The molecule has 0 radical (unpaired) electrons. The van der Waals surface area contributed by atoms with Crippen molar-refractivity contribution in [3.63, 3.8) is 0 Å². The Morgan fingerprint density at radius 2 is 1.91 bits per heavy atom. The summed E-state index contributed by atoms with van der Waals surface area (Å²) in [7, 11) is 1.78. The van der Waals surface area contributed by atoms with Gasteiger partial charge in [0.1, 0.15) is 0 Å². The van der Waals surface area contributed by atoms with Gasteiger partial charge in [0.25, 0.3) is 5.69 Å². The number of rotatable bonds is 4. The number of nitrogens with zero attached hydrogens (tertiary/aromatic N) is 2. The molecule has 1 aliphatic rings. The highest BCUT2D eigenvalue weighted by atomic mass is 16.6. The molecule has 2 aromatic carbocycles. The maximum atomic E-state index is 12.6. The molecule has 0 spiro atoms. The van der Waals surface area contributed by atoms with Gasteiger partial charge < -0.3 is 4.90 Å². The molecular weight excluding hydrogens is 292 g/mol. The highest BCUT2D eigenvalue weighted by Crippen LogP contribution is 2.35. The standard InChI is InChI=1S/C18H18N2O3/c1-19(17-11-10-13-6-2-4-8-15(13)17)18(21)12-14-7-3-5-9-16(14)20(22)23/h2-9,17H,10-12H2,1H3. The molecule has 0 aliphatic heterocycles. The summed E-state index contributed by atoms with van der Waals surface area (Å²) in [6, 6.07) is 14.6. The van der Waals surface area contributed by atoms with Crippen molar-refractivity contribution < 1.29 is 9.72 Å². The Bertz CT molecular complexity index is 757. The molecule has 0 heterocycles. The fourth-order valence-electron chi connectivity index (χ4n) is 3.24. The van der Waals surface area contributed by atoms with E-state index in [1.807, 2.05) is 12.1 Å². The third-order valence-corrected chi connectivity index (χ3v) is 4.49. The number of benzene rings is 2. The lowest BCUT2D eigenvalue weighted by Gasteiger charge is -2.25. The van der Waals surface area contributed by atoms with E-state index in [0.29, 0.717) is 5.56 Å². The molecule has 0 N–H and O–H groups in total. The second-order valence-electron chi connectivity index (χ2n) is 5.82. The first-order valence-electron chi connectivity index (χ1n) is 7.63. The molecule has 3 rings (SSSR count). The van der Waals surface area contributed by atoms with Crippen molar-refractivity contribution in [3.8, 4) is 0 Å². The van der Waals surface area contributed by atoms with Crippen molar-refractivity contribution in [2.45, 2.75) is 25.3 Å². The zero-order valence-electron chi connectivity index (χ0n) is 12.9. The van der Waals surface area contributed by atoms with Gasteiger partial charge in [-0.25, -0.2) is 0 Å². The first-order chi connectivity index (χ1) is 11.1. The van der Waals surface area contributed by atoms with Gasteiger partial charge in [-0.3, -0.25) is 14.9 Å². The van der Waals surface area contributed by atoms with Crippen molar-refractivity contribution >= 4 is 11.6 Å². The molecule has 5 heteroatoms. The predicted octanol–water partition coefficient (Wildman–Crippen LogP) is 3.28. The van der Waals surface area contributed by atoms with Gasteiger partial charge in [0.15, 0.2) is 0 Å². The maximum Gasteiger partial charge on any atom is 0.273 e. The molecule has 0 aromatic heterocycles. The molecule has 0 fully saturated rings. The summed E-state index contributed by atoms with van der Waals surface area (Å²) in [5, 5.41) is 11.1. The number of hydrogen-bond donors (Lipinski definition) is 0. The fourth-order valence-corrected chi connectivity index (χ4v) is 3.24. The number of carbonyl (C=O) groups excluding carboxylic acids is 1. The molecule has 1 unspecified atom stereocenters. The van der Waals surface area contributed by atoms with Crippen LogP contribution in [0.5, 0.6) is 0 Å². The summed E-state index contributed by atoms with van der Waals surface area (Å²) >= 11 is 0. The third kappa shape index (κ3) is 2.95. The number of hydrogen-bond acceptors (Lipinski definition) is 3. The van der Waals surface area contributed by atoms with Crippen molar-refractivity contribution in [1.82, 2.24) is 4.90 Å². The van der Waals surface area contributed by atoms with Gasteiger partial charge in [-0.15, -0.1) is 0 Å². The minimum Gasteiger partial charge on any atom is -0.338 e. The number of para-hydroxylation sites is 1. The Kier molecular flexibility index (Phi) is 4.10. The van der Waals surface area contributed by atoms with Crippen LogP contribution in [0.25, 0.3) is 0 Å². The normalized spacial score (nSPS) is 16.0. The van der Waals surface area contributed by atoms with Gasteiger partial charge >= 0.3 is 0 Å². The van der Waals surface area contributed by atoms with Crippen LogP contribution in [-0.4, -0.2) is 22.8 Å². The molecular formula is C18H18N2O3. The summed E-state index contributed by atoms with van der Waals surface area (Å²) in [6.45, 7) is 0. The van der Waals surface area contributed by atoms with Crippen LogP contribution in [0.4, 0.5) is 5.69 Å². The van der Waals surface area contributed by atoms with E-state index in [4.69, 9.17) is 0 Å². The number of likely N-dealkylation sites (N-methyl/N-ethyl adjacent to an activating group) is 1. The lowest BCUT2D eigenvalue weighted by Crippen LogP contribution is -2.31. The van der Waals surface area contributed by atoms with Crippen molar-refractivity contribution in [2.24, 2.45) is 0 Å². The van der Waals surface area contributed by atoms with Crippen LogP contribution in [0.15, 0.2) is 48.5 Å².